The van der Waals surface area contributed by atoms with Crippen LogP contribution in [0.3, 0.4) is 0 Å². The third-order valence-corrected chi connectivity index (χ3v) is 2.16. The summed E-state index contributed by atoms with van der Waals surface area (Å²) in [4.78, 5) is 3.12. The van der Waals surface area contributed by atoms with Crippen molar-refractivity contribution in [2.45, 2.75) is 11.0 Å². The molecule has 1 nitrogen and oxygen atoms in total. The Morgan fingerprint density at radius 1 is 0.833 bits per heavy atom. The van der Waals surface area contributed by atoms with Gasteiger partial charge in [0, 0.05) is 11.7 Å². The predicted molar refractivity (Wildman–Crippen MR) is 58.0 cm³/mol. The number of para-hydroxylation sites is 1. The molecule has 0 saturated carbocycles. The average molecular weight is 287 g/mol. The highest BCUT2D eigenvalue weighted by Gasteiger charge is 2.45. The van der Waals surface area contributed by atoms with Gasteiger partial charge in [0.2, 0.25) is 0 Å². The largest absolute Gasteiger partial charge is 0.450 e. The van der Waals surface area contributed by atoms with E-state index in [0.717, 1.165) is 0 Å². The topological polar surface area (TPSA) is 15.8 Å². The van der Waals surface area contributed by atoms with Gasteiger partial charge in [-0.25, -0.2) is 0 Å². The van der Waals surface area contributed by atoms with Crippen molar-refractivity contribution in [3.05, 3.63) is 36.5 Å². The lowest BCUT2D eigenvalue weighted by atomic mass is 10.3. The molecule has 0 unspecified atom stereocenters. The van der Waals surface area contributed by atoms with Crippen LogP contribution in [0.4, 0.5) is 26.3 Å². The van der Waals surface area contributed by atoms with E-state index in [1.54, 1.807) is 0 Å². The molecule has 2 aromatic rings. The number of rotatable bonds is 0. The number of halogens is 6. The Bertz CT molecular complexity index is 445. The Morgan fingerprint density at radius 3 is 1.83 bits per heavy atom. The molecule has 0 bridgehead atoms. The Labute approximate surface area is 102 Å². The van der Waals surface area contributed by atoms with Gasteiger partial charge in [0.15, 0.2) is 0 Å². The molecule has 0 saturated heterocycles. The molecule has 1 aromatic heterocycles. The second-order valence-electron chi connectivity index (χ2n) is 3.06. The van der Waals surface area contributed by atoms with E-state index < -0.39 is 22.8 Å². The molecule has 100 valence electrons. The van der Waals surface area contributed by atoms with E-state index in [4.69, 9.17) is 0 Å². The molecule has 1 N–H and O–H groups in total. The molecule has 0 aliphatic heterocycles. The predicted octanol–water partition coefficient (Wildman–Crippen LogP) is 4.93. The van der Waals surface area contributed by atoms with Crippen molar-refractivity contribution in [1.82, 2.24) is 4.98 Å². The molecule has 1 aromatic carbocycles. The maximum Gasteiger partial charge on any atom is 0.450 e. The summed E-state index contributed by atoms with van der Waals surface area (Å²) in [7, 11) is 0. The van der Waals surface area contributed by atoms with Crippen molar-refractivity contribution in [3.63, 3.8) is 0 Å². The van der Waals surface area contributed by atoms with E-state index in [-0.39, 0.29) is 0 Å². The van der Waals surface area contributed by atoms with Crippen LogP contribution < -0.4 is 0 Å². The van der Waals surface area contributed by atoms with Gasteiger partial charge in [-0.1, -0.05) is 18.2 Å². The highest BCUT2D eigenvalue weighted by molar-refractivity contribution is 8.00. The van der Waals surface area contributed by atoms with E-state index in [1.807, 2.05) is 18.3 Å². The molecular formula is C10H7F6NS. The van der Waals surface area contributed by atoms with Crippen molar-refractivity contribution in [3.8, 4) is 0 Å². The van der Waals surface area contributed by atoms with Crippen LogP contribution in [0.15, 0.2) is 36.5 Å². The molecule has 0 radical (unpaired) electrons. The maximum atomic E-state index is 10.8. The first kappa shape index (κ1) is 14.7. The zero-order valence-corrected chi connectivity index (χ0v) is 9.46. The van der Waals surface area contributed by atoms with Crippen LogP contribution in [-0.4, -0.2) is 16.0 Å². The Morgan fingerprint density at radius 2 is 1.39 bits per heavy atom. The Kier molecular flexibility index (Phi) is 4.55. The second kappa shape index (κ2) is 5.55. The zero-order chi connectivity index (χ0) is 13.8. The molecule has 1 heterocycles. The number of alkyl halides is 6. The molecule has 0 fully saturated rings. The molecule has 0 atom stereocenters. The van der Waals surface area contributed by atoms with Gasteiger partial charge in [-0.15, -0.1) is 0 Å². The summed E-state index contributed by atoms with van der Waals surface area (Å²) >= 11 is -1.99. The number of benzene rings is 1. The monoisotopic (exact) mass is 287 g/mol. The van der Waals surface area contributed by atoms with Crippen LogP contribution in [0.5, 0.6) is 0 Å². The molecule has 0 aliphatic carbocycles. The van der Waals surface area contributed by atoms with Gasteiger partial charge in [-0.3, -0.25) is 0 Å². The number of hydrogen-bond donors (Lipinski definition) is 1. The van der Waals surface area contributed by atoms with Gasteiger partial charge in [-0.2, -0.15) is 26.3 Å². The molecule has 2 rings (SSSR count). The SMILES string of the molecule is FC(F)(F)SC(F)(F)F.c1ccc2[nH]ccc2c1. The van der Waals surface area contributed by atoms with Crippen molar-refractivity contribution in [2.24, 2.45) is 0 Å². The quantitative estimate of drug-likeness (QED) is 0.679. The van der Waals surface area contributed by atoms with Crippen LogP contribution in [0.2, 0.25) is 0 Å². The minimum absolute atomic E-state index is 1.21. The first-order valence-electron chi connectivity index (χ1n) is 4.53. The fourth-order valence-corrected chi connectivity index (χ4v) is 1.39. The third kappa shape index (κ3) is 5.85. The summed E-state index contributed by atoms with van der Waals surface area (Å²) in [5, 5.41) is 1.28. The number of fused-ring (bicyclic) bond motifs is 1. The van der Waals surface area contributed by atoms with Gasteiger partial charge in [-0.05, 0) is 17.5 Å². The van der Waals surface area contributed by atoms with Crippen molar-refractivity contribution < 1.29 is 26.3 Å². The van der Waals surface area contributed by atoms with E-state index in [1.165, 1.54) is 10.9 Å². The minimum Gasteiger partial charge on any atom is -0.361 e. The van der Waals surface area contributed by atoms with E-state index in [2.05, 4.69) is 23.2 Å². The lowest BCUT2D eigenvalue weighted by Gasteiger charge is -2.06. The summed E-state index contributed by atoms with van der Waals surface area (Å²) in [6.45, 7) is 0. The van der Waals surface area contributed by atoms with Gasteiger partial charge < -0.3 is 4.98 Å². The highest BCUT2D eigenvalue weighted by atomic mass is 32.2. The van der Waals surface area contributed by atoms with Crippen LogP contribution >= 0.6 is 11.8 Å². The lowest BCUT2D eigenvalue weighted by molar-refractivity contribution is -0.0696. The van der Waals surface area contributed by atoms with Crippen LogP contribution in [-0.2, 0) is 0 Å². The number of thioether (sulfide) groups is 1. The number of hydrogen-bond acceptors (Lipinski definition) is 1. The summed E-state index contributed by atoms with van der Waals surface area (Å²) in [6, 6.07) is 10.3. The lowest BCUT2D eigenvalue weighted by Crippen LogP contribution is -2.11. The number of H-pyrrole nitrogens is 1. The zero-order valence-electron chi connectivity index (χ0n) is 8.64. The van der Waals surface area contributed by atoms with Gasteiger partial charge >= 0.3 is 11.0 Å². The summed E-state index contributed by atoms with van der Waals surface area (Å²) in [5.41, 5.74) is -9.24. The average Bonchev–Trinajstić information content (AvgIpc) is 2.59. The molecule has 8 heteroatoms. The number of aromatic amines is 1. The highest BCUT2D eigenvalue weighted by Crippen LogP contribution is 2.43. The maximum absolute atomic E-state index is 10.8. The fraction of sp³-hybridized carbons (Fsp3) is 0.200. The molecule has 0 aliphatic rings. The van der Waals surface area contributed by atoms with Crippen LogP contribution in [0, 0.1) is 0 Å². The number of nitrogens with one attached hydrogen (secondary N) is 1. The molecule has 18 heavy (non-hydrogen) atoms. The summed E-state index contributed by atoms with van der Waals surface area (Å²) < 4.78 is 64.8. The third-order valence-electron chi connectivity index (χ3n) is 1.69. The summed E-state index contributed by atoms with van der Waals surface area (Å²) in [6.07, 6.45) is 1.95. The normalized spacial score (nSPS) is 12.1. The Balaban J connectivity index is 0.000000180. The van der Waals surface area contributed by atoms with E-state index in [0.29, 0.717) is 0 Å². The first-order valence-corrected chi connectivity index (χ1v) is 5.35. The van der Waals surface area contributed by atoms with Gasteiger partial charge in [0.1, 0.15) is 0 Å². The second-order valence-corrected chi connectivity index (χ2v) is 4.19. The minimum atomic E-state index is -5.22. The smallest absolute Gasteiger partial charge is 0.361 e. The standard InChI is InChI=1S/C8H7N.C2F6S/c1-2-4-8-7(3-1)5-6-9-8;3-1(4,5)9-2(6,7)8/h1-6,9H;. The van der Waals surface area contributed by atoms with Crippen LogP contribution in [0.1, 0.15) is 0 Å². The van der Waals surface area contributed by atoms with Crippen molar-refractivity contribution in [2.75, 3.05) is 0 Å². The molecular weight excluding hydrogens is 280 g/mol. The van der Waals surface area contributed by atoms with Gasteiger partial charge in [0.05, 0.1) is 11.8 Å². The Hall–Kier alpha value is -1.31. The number of aromatic nitrogens is 1. The van der Waals surface area contributed by atoms with E-state index >= 15 is 0 Å². The van der Waals surface area contributed by atoms with Crippen LogP contribution in [0.25, 0.3) is 10.9 Å². The fourth-order valence-electron chi connectivity index (χ4n) is 1.13. The van der Waals surface area contributed by atoms with Gasteiger partial charge in [0.25, 0.3) is 0 Å². The molecule has 0 amide bonds. The van der Waals surface area contributed by atoms with Crippen molar-refractivity contribution in [1.29, 1.82) is 0 Å². The van der Waals surface area contributed by atoms with E-state index in [9.17, 15) is 26.3 Å². The molecule has 0 spiro atoms. The summed E-state index contributed by atoms with van der Waals surface area (Å²) in [5.74, 6) is 0. The first-order chi connectivity index (χ1) is 8.17. The van der Waals surface area contributed by atoms with Crippen molar-refractivity contribution >= 4 is 22.7 Å².